The van der Waals surface area contributed by atoms with Crippen LogP contribution < -0.4 is 5.73 Å². The lowest BCUT2D eigenvalue weighted by Crippen LogP contribution is -2.17. The third kappa shape index (κ3) is 2.62. The number of hydrogen-bond acceptors (Lipinski definition) is 2. The van der Waals surface area contributed by atoms with Crippen LogP contribution in [0.3, 0.4) is 0 Å². The molecule has 0 aliphatic rings. The predicted octanol–water partition coefficient (Wildman–Crippen LogP) is 3.24. The average Bonchev–Trinajstić information content (AvgIpc) is 2.80. The van der Waals surface area contributed by atoms with Gasteiger partial charge in [-0.15, -0.1) is 0 Å². The Morgan fingerprint density at radius 2 is 2.22 bits per heavy atom. The van der Waals surface area contributed by atoms with Crippen molar-refractivity contribution in [1.82, 2.24) is 9.78 Å². The number of benzene rings is 1. The molecule has 2 rings (SSSR count). The molecule has 0 spiro atoms. The molecule has 0 saturated heterocycles. The van der Waals surface area contributed by atoms with E-state index in [2.05, 4.69) is 28.0 Å². The predicted molar refractivity (Wildman–Crippen MR) is 72.6 cm³/mol. The van der Waals surface area contributed by atoms with Crippen molar-refractivity contribution in [3.63, 3.8) is 0 Å². The summed E-state index contributed by atoms with van der Waals surface area (Å²) >= 11 is 3.17. The minimum atomic E-state index is -0.295. The van der Waals surface area contributed by atoms with E-state index in [1.165, 1.54) is 6.07 Å². The number of aryl methyl sites for hydroxylation is 1. The molecule has 0 aliphatic heterocycles. The Labute approximate surface area is 114 Å². The summed E-state index contributed by atoms with van der Waals surface area (Å²) in [6.45, 7) is 2.92. The van der Waals surface area contributed by atoms with Crippen molar-refractivity contribution >= 4 is 15.9 Å². The van der Waals surface area contributed by atoms with Gasteiger partial charge < -0.3 is 5.73 Å². The zero-order valence-corrected chi connectivity index (χ0v) is 11.7. The summed E-state index contributed by atoms with van der Waals surface area (Å²) < 4.78 is 15.5. The van der Waals surface area contributed by atoms with Crippen molar-refractivity contribution in [2.75, 3.05) is 0 Å². The Morgan fingerprint density at radius 1 is 1.44 bits per heavy atom. The molecule has 0 radical (unpaired) electrons. The van der Waals surface area contributed by atoms with E-state index in [1.54, 1.807) is 18.3 Å². The second kappa shape index (κ2) is 5.63. The molecule has 0 saturated carbocycles. The Kier molecular flexibility index (Phi) is 4.14. The van der Waals surface area contributed by atoms with Crippen molar-refractivity contribution in [2.45, 2.75) is 25.9 Å². The molecule has 1 unspecified atom stereocenters. The Bertz CT molecular complexity index is 539. The molecule has 2 aromatic rings. The number of hydrogen-bond donors (Lipinski definition) is 1. The van der Waals surface area contributed by atoms with Gasteiger partial charge in [0.1, 0.15) is 5.82 Å². The largest absolute Gasteiger partial charge is 0.319 e. The van der Waals surface area contributed by atoms with Gasteiger partial charge in [0.2, 0.25) is 0 Å². The average molecular weight is 312 g/mol. The fourth-order valence-corrected chi connectivity index (χ4v) is 2.28. The van der Waals surface area contributed by atoms with Gasteiger partial charge in [-0.2, -0.15) is 5.10 Å². The topological polar surface area (TPSA) is 43.8 Å². The van der Waals surface area contributed by atoms with E-state index in [4.69, 9.17) is 5.73 Å². The minimum absolute atomic E-state index is 0.284. The smallest absolute Gasteiger partial charge is 0.137 e. The van der Waals surface area contributed by atoms with Crippen LogP contribution in [0, 0.1) is 5.82 Å². The monoisotopic (exact) mass is 311 g/mol. The van der Waals surface area contributed by atoms with Crippen molar-refractivity contribution in [1.29, 1.82) is 0 Å². The molecule has 3 nitrogen and oxygen atoms in total. The van der Waals surface area contributed by atoms with Crippen LogP contribution in [-0.4, -0.2) is 9.78 Å². The lowest BCUT2D eigenvalue weighted by molar-refractivity contribution is 0.559. The second-order valence-corrected chi connectivity index (χ2v) is 4.98. The van der Waals surface area contributed by atoms with E-state index in [9.17, 15) is 4.39 Å². The maximum atomic E-state index is 13.2. The Morgan fingerprint density at radius 3 is 2.89 bits per heavy atom. The first kappa shape index (κ1) is 13.2. The van der Waals surface area contributed by atoms with Gasteiger partial charge in [0.05, 0.1) is 16.2 Å². The van der Waals surface area contributed by atoms with Crippen LogP contribution in [0.2, 0.25) is 0 Å². The van der Waals surface area contributed by atoms with Crippen LogP contribution in [0.15, 0.2) is 34.9 Å². The van der Waals surface area contributed by atoms with Crippen LogP contribution in [0.5, 0.6) is 0 Å². The quantitative estimate of drug-likeness (QED) is 0.942. The number of aromatic nitrogens is 2. The first-order valence-electron chi connectivity index (χ1n) is 5.85. The molecular weight excluding hydrogens is 297 g/mol. The maximum absolute atomic E-state index is 13.2. The van der Waals surface area contributed by atoms with Gasteiger partial charge in [0.15, 0.2) is 0 Å². The van der Waals surface area contributed by atoms with Crippen molar-refractivity contribution in [3.8, 4) is 0 Å². The summed E-state index contributed by atoms with van der Waals surface area (Å²) in [4.78, 5) is 0. The van der Waals surface area contributed by atoms with E-state index in [1.807, 2.05) is 10.7 Å². The molecule has 0 aliphatic carbocycles. The molecule has 2 N–H and O–H groups in total. The highest BCUT2D eigenvalue weighted by Crippen LogP contribution is 2.24. The molecule has 1 atom stereocenters. The van der Waals surface area contributed by atoms with Crippen LogP contribution in [0.1, 0.15) is 30.6 Å². The van der Waals surface area contributed by atoms with Crippen LogP contribution in [0.25, 0.3) is 0 Å². The Balaban J connectivity index is 2.32. The first-order valence-corrected chi connectivity index (χ1v) is 6.65. The summed E-state index contributed by atoms with van der Waals surface area (Å²) in [5, 5.41) is 4.24. The molecule has 0 bridgehead atoms. The zero-order chi connectivity index (χ0) is 13.1. The maximum Gasteiger partial charge on any atom is 0.137 e. The molecule has 1 aromatic carbocycles. The van der Waals surface area contributed by atoms with E-state index in [0.29, 0.717) is 4.47 Å². The van der Waals surface area contributed by atoms with Gasteiger partial charge in [0.25, 0.3) is 0 Å². The van der Waals surface area contributed by atoms with Crippen LogP contribution in [-0.2, 0) is 6.54 Å². The van der Waals surface area contributed by atoms with Gasteiger partial charge in [0, 0.05) is 12.7 Å². The summed E-state index contributed by atoms with van der Waals surface area (Å²) in [6.07, 6.45) is 2.73. The number of halogens is 2. The van der Waals surface area contributed by atoms with E-state index in [-0.39, 0.29) is 11.9 Å². The normalized spacial score (nSPS) is 12.7. The standard InChI is InChI=1S/C13H15BrFN3/c1-2-7-18-12(5-6-17-18)13(16)9-3-4-11(15)10(14)8-9/h3-6,8,13H,2,7,16H2,1H3. The molecule has 0 amide bonds. The van der Waals surface area contributed by atoms with Gasteiger partial charge in [-0.1, -0.05) is 13.0 Å². The van der Waals surface area contributed by atoms with Gasteiger partial charge in [-0.3, -0.25) is 4.68 Å². The van der Waals surface area contributed by atoms with Gasteiger partial charge in [-0.05, 0) is 46.1 Å². The highest BCUT2D eigenvalue weighted by Gasteiger charge is 2.14. The van der Waals surface area contributed by atoms with Crippen molar-refractivity contribution in [3.05, 3.63) is 52.0 Å². The number of rotatable bonds is 4. The highest BCUT2D eigenvalue weighted by atomic mass is 79.9. The van der Waals surface area contributed by atoms with Crippen LogP contribution in [0.4, 0.5) is 4.39 Å². The third-order valence-electron chi connectivity index (χ3n) is 2.81. The molecule has 1 heterocycles. The minimum Gasteiger partial charge on any atom is -0.319 e. The first-order chi connectivity index (χ1) is 8.63. The second-order valence-electron chi connectivity index (χ2n) is 4.13. The Hall–Kier alpha value is -1.20. The van der Waals surface area contributed by atoms with Crippen molar-refractivity contribution in [2.24, 2.45) is 5.73 Å². The molecule has 96 valence electrons. The van der Waals surface area contributed by atoms with E-state index >= 15 is 0 Å². The van der Waals surface area contributed by atoms with E-state index in [0.717, 1.165) is 24.2 Å². The van der Waals surface area contributed by atoms with Crippen LogP contribution >= 0.6 is 15.9 Å². The molecule has 1 aromatic heterocycles. The number of nitrogens with two attached hydrogens (primary N) is 1. The summed E-state index contributed by atoms with van der Waals surface area (Å²) in [7, 11) is 0. The lowest BCUT2D eigenvalue weighted by Gasteiger charge is -2.14. The van der Waals surface area contributed by atoms with Crippen molar-refractivity contribution < 1.29 is 4.39 Å². The fourth-order valence-electron chi connectivity index (χ4n) is 1.88. The van der Waals surface area contributed by atoms with E-state index < -0.39 is 0 Å². The summed E-state index contributed by atoms with van der Waals surface area (Å²) in [6, 6.07) is 6.44. The highest BCUT2D eigenvalue weighted by molar-refractivity contribution is 9.10. The molecule has 5 heteroatoms. The third-order valence-corrected chi connectivity index (χ3v) is 3.41. The summed E-state index contributed by atoms with van der Waals surface area (Å²) in [5.41, 5.74) is 8.01. The van der Waals surface area contributed by atoms with Gasteiger partial charge in [-0.25, -0.2) is 4.39 Å². The molecular formula is C13H15BrFN3. The number of nitrogens with zero attached hydrogens (tertiary/aromatic N) is 2. The lowest BCUT2D eigenvalue weighted by atomic mass is 10.0. The molecule has 18 heavy (non-hydrogen) atoms. The zero-order valence-electron chi connectivity index (χ0n) is 10.1. The fraction of sp³-hybridized carbons (Fsp3) is 0.308. The van der Waals surface area contributed by atoms with Gasteiger partial charge >= 0.3 is 0 Å². The molecule has 0 fully saturated rings. The SMILES string of the molecule is CCCn1nccc1C(N)c1ccc(F)c(Br)c1. The summed E-state index contributed by atoms with van der Waals surface area (Å²) in [5.74, 6) is -0.284.